The summed E-state index contributed by atoms with van der Waals surface area (Å²) < 4.78 is 5.17. The molecule has 0 aliphatic rings. The largest absolute Gasteiger partial charge is 0.497 e. The summed E-state index contributed by atoms with van der Waals surface area (Å²) in [5.41, 5.74) is 0.344. The predicted molar refractivity (Wildman–Crippen MR) is 70.5 cm³/mol. The number of benzene rings is 1. The van der Waals surface area contributed by atoms with Crippen LogP contribution in [0.15, 0.2) is 24.3 Å². The van der Waals surface area contributed by atoms with E-state index in [1.54, 1.807) is 7.11 Å². The zero-order valence-electron chi connectivity index (χ0n) is 11.2. The second kappa shape index (κ2) is 6.03. The van der Waals surface area contributed by atoms with Gasteiger partial charge in [0.25, 0.3) is 0 Å². The van der Waals surface area contributed by atoms with Gasteiger partial charge in [0, 0.05) is 19.0 Å². The Morgan fingerprint density at radius 1 is 1.41 bits per heavy atom. The van der Waals surface area contributed by atoms with Crippen molar-refractivity contribution in [3.8, 4) is 5.75 Å². The lowest BCUT2D eigenvalue weighted by Crippen LogP contribution is -2.42. The van der Waals surface area contributed by atoms with Gasteiger partial charge in [0.1, 0.15) is 5.75 Å². The molecule has 3 nitrogen and oxygen atoms in total. The van der Waals surface area contributed by atoms with Crippen LogP contribution in [0.5, 0.6) is 5.75 Å². The van der Waals surface area contributed by atoms with Gasteiger partial charge in [-0.1, -0.05) is 26.0 Å². The Balaban J connectivity index is 2.61. The second-order valence-corrected chi connectivity index (χ2v) is 5.06. The summed E-state index contributed by atoms with van der Waals surface area (Å²) in [6.07, 6.45) is 0.615. The SMILES string of the molecule is COc1cccc(CC(C)(O)CNC(C)C)c1. The highest BCUT2D eigenvalue weighted by Crippen LogP contribution is 2.17. The van der Waals surface area contributed by atoms with E-state index < -0.39 is 5.60 Å². The number of hydrogen-bond acceptors (Lipinski definition) is 3. The van der Waals surface area contributed by atoms with Crippen molar-refractivity contribution in [1.82, 2.24) is 5.32 Å². The fraction of sp³-hybridized carbons (Fsp3) is 0.571. The van der Waals surface area contributed by atoms with Gasteiger partial charge in [0.15, 0.2) is 0 Å². The highest BCUT2D eigenvalue weighted by molar-refractivity contribution is 5.29. The van der Waals surface area contributed by atoms with Gasteiger partial charge in [-0.3, -0.25) is 0 Å². The highest BCUT2D eigenvalue weighted by atomic mass is 16.5. The van der Waals surface area contributed by atoms with Crippen LogP contribution >= 0.6 is 0 Å². The van der Waals surface area contributed by atoms with E-state index in [-0.39, 0.29) is 0 Å². The van der Waals surface area contributed by atoms with Gasteiger partial charge in [-0.2, -0.15) is 0 Å². The van der Waals surface area contributed by atoms with Crippen LogP contribution in [0.3, 0.4) is 0 Å². The van der Waals surface area contributed by atoms with E-state index in [0.717, 1.165) is 11.3 Å². The van der Waals surface area contributed by atoms with Crippen molar-refractivity contribution >= 4 is 0 Å². The standard InChI is InChI=1S/C14H23NO2/c1-11(2)15-10-14(3,16)9-12-6-5-7-13(8-12)17-4/h5-8,11,15-16H,9-10H2,1-4H3. The third-order valence-corrected chi connectivity index (χ3v) is 2.61. The maximum atomic E-state index is 10.3. The number of methoxy groups -OCH3 is 1. The summed E-state index contributed by atoms with van der Waals surface area (Å²) in [5, 5.41) is 13.5. The molecule has 17 heavy (non-hydrogen) atoms. The first-order chi connectivity index (χ1) is 7.93. The molecular formula is C14H23NO2. The van der Waals surface area contributed by atoms with Gasteiger partial charge in [-0.15, -0.1) is 0 Å². The Hall–Kier alpha value is -1.06. The number of ether oxygens (including phenoxy) is 1. The molecule has 96 valence electrons. The maximum absolute atomic E-state index is 10.3. The molecule has 0 amide bonds. The molecule has 1 unspecified atom stereocenters. The third kappa shape index (κ3) is 5.20. The minimum absolute atomic E-state index is 0.381. The molecule has 0 saturated heterocycles. The Morgan fingerprint density at radius 2 is 2.12 bits per heavy atom. The topological polar surface area (TPSA) is 41.5 Å². The molecule has 3 heteroatoms. The van der Waals surface area contributed by atoms with Gasteiger partial charge in [-0.25, -0.2) is 0 Å². The Labute approximate surface area is 104 Å². The minimum atomic E-state index is -0.739. The third-order valence-electron chi connectivity index (χ3n) is 2.61. The summed E-state index contributed by atoms with van der Waals surface area (Å²) in [6, 6.07) is 8.20. The average Bonchev–Trinajstić information content (AvgIpc) is 2.26. The lowest BCUT2D eigenvalue weighted by atomic mass is 9.96. The Kier molecular flexibility index (Phi) is 4.97. The molecule has 0 radical (unpaired) electrons. The molecule has 0 aliphatic heterocycles. The molecule has 0 fully saturated rings. The summed E-state index contributed by atoms with van der Waals surface area (Å²) in [4.78, 5) is 0. The van der Waals surface area contributed by atoms with E-state index in [4.69, 9.17) is 4.74 Å². The number of aliphatic hydroxyl groups is 1. The zero-order chi connectivity index (χ0) is 12.9. The normalized spacial score (nSPS) is 14.7. The van der Waals surface area contributed by atoms with Crippen molar-refractivity contribution in [2.24, 2.45) is 0 Å². The molecule has 0 bridgehead atoms. The molecule has 0 spiro atoms. The first-order valence-corrected chi connectivity index (χ1v) is 6.01. The minimum Gasteiger partial charge on any atom is -0.497 e. The first kappa shape index (κ1) is 14.0. The van der Waals surface area contributed by atoms with Gasteiger partial charge < -0.3 is 15.2 Å². The van der Waals surface area contributed by atoms with Gasteiger partial charge in [-0.05, 0) is 24.6 Å². The van der Waals surface area contributed by atoms with E-state index in [1.807, 2.05) is 31.2 Å². The van der Waals surface area contributed by atoms with Gasteiger partial charge in [0.2, 0.25) is 0 Å². The van der Waals surface area contributed by atoms with Crippen LogP contribution in [0.1, 0.15) is 26.3 Å². The van der Waals surface area contributed by atoms with Crippen LogP contribution in [-0.4, -0.2) is 30.4 Å². The summed E-state index contributed by atoms with van der Waals surface area (Å²) >= 11 is 0. The van der Waals surface area contributed by atoms with Gasteiger partial charge in [0.05, 0.1) is 12.7 Å². The van der Waals surface area contributed by atoms with E-state index in [1.165, 1.54) is 0 Å². The van der Waals surface area contributed by atoms with E-state index >= 15 is 0 Å². The van der Waals surface area contributed by atoms with Crippen LogP contribution in [0.25, 0.3) is 0 Å². The molecule has 1 aromatic carbocycles. The van der Waals surface area contributed by atoms with E-state index in [0.29, 0.717) is 19.0 Å². The quantitative estimate of drug-likeness (QED) is 0.795. The molecule has 2 N–H and O–H groups in total. The van der Waals surface area contributed by atoms with Crippen LogP contribution in [-0.2, 0) is 6.42 Å². The zero-order valence-corrected chi connectivity index (χ0v) is 11.2. The van der Waals surface area contributed by atoms with Crippen LogP contribution < -0.4 is 10.1 Å². The molecule has 1 atom stereocenters. The average molecular weight is 237 g/mol. The number of rotatable bonds is 6. The molecule has 1 aromatic rings. The molecule has 1 rings (SSSR count). The second-order valence-electron chi connectivity index (χ2n) is 5.06. The van der Waals surface area contributed by atoms with Crippen molar-refractivity contribution < 1.29 is 9.84 Å². The summed E-state index contributed by atoms with van der Waals surface area (Å²) in [7, 11) is 1.65. The number of hydrogen-bond donors (Lipinski definition) is 2. The van der Waals surface area contributed by atoms with Crippen molar-refractivity contribution in [2.75, 3.05) is 13.7 Å². The van der Waals surface area contributed by atoms with E-state index in [9.17, 15) is 5.11 Å². The predicted octanol–water partition coefficient (Wildman–Crippen LogP) is 1.99. The van der Waals surface area contributed by atoms with Crippen molar-refractivity contribution in [3.05, 3.63) is 29.8 Å². The fourth-order valence-electron chi connectivity index (χ4n) is 1.71. The van der Waals surface area contributed by atoms with Crippen LogP contribution in [0.2, 0.25) is 0 Å². The molecule has 0 heterocycles. The van der Waals surface area contributed by atoms with Crippen molar-refractivity contribution in [3.63, 3.8) is 0 Å². The fourth-order valence-corrected chi connectivity index (χ4v) is 1.71. The van der Waals surface area contributed by atoms with Crippen molar-refractivity contribution in [1.29, 1.82) is 0 Å². The van der Waals surface area contributed by atoms with Crippen LogP contribution in [0.4, 0.5) is 0 Å². The summed E-state index contributed by atoms with van der Waals surface area (Å²) in [5.74, 6) is 0.829. The summed E-state index contributed by atoms with van der Waals surface area (Å²) in [6.45, 7) is 6.58. The monoisotopic (exact) mass is 237 g/mol. The van der Waals surface area contributed by atoms with Crippen LogP contribution in [0, 0.1) is 0 Å². The smallest absolute Gasteiger partial charge is 0.119 e. The highest BCUT2D eigenvalue weighted by Gasteiger charge is 2.21. The molecule has 0 aromatic heterocycles. The lowest BCUT2D eigenvalue weighted by molar-refractivity contribution is 0.0581. The molecule has 0 aliphatic carbocycles. The lowest BCUT2D eigenvalue weighted by Gasteiger charge is -2.25. The maximum Gasteiger partial charge on any atom is 0.119 e. The van der Waals surface area contributed by atoms with Gasteiger partial charge >= 0.3 is 0 Å². The van der Waals surface area contributed by atoms with Crippen molar-refractivity contribution in [2.45, 2.75) is 38.8 Å². The first-order valence-electron chi connectivity index (χ1n) is 6.01. The van der Waals surface area contributed by atoms with E-state index in [2.05, 4.69) is 19.2 Å². The Bertz CT molecular complexity index is 348. The molecule has 0 saturated carbocycles. The molecular weight excluding hydrogens is 214 g/mol. The Morgan fingerprint density at radius 3 is 2.71 bits per heavy atom. The number of nitrogens with one attached hydrogen (secondary N) is 1.